The number of cyclic esters (lactones) is 1. The Balaban J connectivity index is 1.84. The topological polar surface area (TPSA) is 55.8 Å². The number of rotatable bonds is 5. The molecular formula is C14H17NO4. The van der Waals surface area contributed by atoms with E-state index in [0.717, 1.165) is 10.6 Å². The summed E-state index contributed by atoms with van der Waals surface area (Å²) >= 11 is 0. The average molecular weight is 263 g/mol. The van der Waals surface area contributed by atoms with Crippen molar-refractivity contribution in [1.29, 1.82) is 0 Å². The van der Waals surface area contributed by atoms with E-state index < -0.39 is 12.2 Å². The van der Waals surface area contributed by atoms with Crippen molar-refractivity contribution < 1.29 is 19.1 Å². The summed E-state index contributed by atoms with van der Waals surface area (Å²) in [5.41, 5.74) is 0. The van der Waals surface area contributed by atoms with Gasteiger partial charge in [0.05, 0.1) is 6.54 Å². The van der Waals surface area contributed by atoms with E-state index >= 15 is 0 Å². The molecule has 2 rings (SSSR count). The highest BCUT2D eigenvalue weighted by atomic mass is 16.6. The van der Waals surface area contributed by atoms with Crippen LogP contribution in [0.2, 0.25) is 0 Å². The van der Waals surface area contributed by atoms with Gasteiger partial charge in [0.2, 0.25) is 5.91 Å². The van der Waals surface area contributed by atoms with Gasteiger partial charge in [-0.3, -0.25) is 4.79 Å². The number of ether oxygens (including phenoxy) is 2. The minimum absolute atomic E-state index is 0.185. The van der Waals surface area contributed by atoms with Gasteiger partial charge in [-0.05, 0) is 18.6 Å². The van der Waals surface area contributed by atoms with Gasteiger partial charge in [-0.1, -0.05) is 25.1 Å². The Morgan fingerprint density at radius 1 is 1.42 bits per heavy atom. The van der Waals surface area contributed by atoms with Gasteiger partial charge in [0.1, 0.15) is 12.4 Å². The molecule has 1 unspecified atom stereocenters. The summed E-state index contributed by atoms with van der Waals surface area (Å²) in [6.07, 6.45) is 0.114. The average Bonchev–Trinajstić information content (AvgIpc) is 2.79. The van der Waals surface area contributed by atoms with Crippen molar-refractivity contribution in [2.45, 2.75) is 25.9 Å². The molecule has 0 aromatic heterocycles. The molecule has 1 aromatic carbocycles. The van der Waals surface area contributed by atoms with E-state index in [1.54, 1.807) is 0 Å². The number of hydrogen-bond donors (Lipinski definition) is 0. The molecule has 19 heavy (non-hydrogen) atoms. The minimum Gasteiger partial charge on any atom is -0.490 e. The monoisotopic (exact) mass is 263 g/mol. The van der Waals surface area contributed by atoms with Gasteiger partial charge in [-0.25, -0.2) is 9.69 Å². The molecule has 1 aliphatic rings. The molecule has 1 aliphatic heterocycles. The van der Waals surface area contributed by atoms with Crippen LogP contribution >= 0.6 is 0 Å². The van der Waals surface area contributed by atoms with Crippen LogP contribution in [-0.4, -0.2) is 36.2 Å². The minimum atomic E-state index is -0.569. The Bertz CT molecular complexity index is 446. The molecule has 1 heterocycles. The third kappa shape index (κ3) is 3.47. The highest BCUT2D eigenvalue weighted by molar-refractivity contribution is 5.93. The Kier molecular flexibility index (Phi) is 4.39. The molecule has 5 nitrogen and oxygen atoms in total. The zero-order valence-corrected chi connectivity index (χ0v) is 10.9. The predicted octanol–water partition coefficient (Wildman–Crippen LogP) is 2.21. The number of para-hydroxylation sites is 1. The van der Waals surface area contributed by atoms with Crippen LogP contribution in [0.1, 0.15) is 19.8 Å². The summed E-state index contributed by atoms with van der Waals surface area (Å²) in [6, 6.07) is 9.29. The van der Waals surface area contributed by atoms with Crippen LogP contribution < -0.4 is 4.74 Å². The number of benzene rings is 1. The van der Waals surface area contributed by atoms with Crippen molar-refractivity contribution in [2.24, 2.45) is 0 Å². The lowest BCUT2D eigenvalue weighted by Crippen LogP contribution is -2.32. The van der Waals surface area contributed by atoms with E-state index in [1.807, 2.05) is 37.3 Å². The van der Waals surface area contributed by atoms with Crippen molar-refractivity contribution in [1.82, 2.24) is 4.90 Å². The van der Waals surface area contributed by atoms with Crippen LogP contribution in [0.3, 0.4) is 0 Å². The third-order valence-electron chi connectivity index (χ3n) is 2.82. The van der Waals surface area contributed by atoms with Gasteiger partial charge in [-0.2, -0.15) is 0 Å². The fourth-order valence-electron chi connectivity index (χ4n) is 1.87. The Hall–Kier alpha value is -2.04. The van der Waals surface area contributed by atoms with Crippen molar-refractivity contribution >= 4 is 12.0 Å². The SMILES string of the molecule is CCCC(=O)N1CC(COc2ccccc2)OC1=O. The van der Waals surface area contributed by atoms with Gasteiger partial charge >= 0.3 is 6.09 Å². The molecule has 1 atom stereocenters. The highest BCUT2D eigenvalue weighted by Gasteiger charge is 2.35. The number of amides is 2. The summed E-state index contributed by atoms with van der Waals surface area (Å²) in [7, 11) is 0. The largest absolute Gasteiger partial charge is 0.490 e. The van der Waals surface area contributed by atoms with E-state index in [1.165, 1.54) is 0 Å². The van der Waals surface area contributed by atoms with Crippen LogP contribution in [0.15, 0.2) is 30.3 Å². The fourth-order valence-corrected chi connectivity index (χ4v) is 1.87. The molecule has 0 radical (unpaired) electrons. The first-order chi connectivity index (χ1) is 9.20. The summed E-state index contributed by atoms with van der Waals surface area (Å²) in [5, 5.41) is 0. The van der Waals surface area contributed by atoms with Gasteiger partial charge < -0.3 is 9.47 Å². The fraction of sp³-hybridized carbons (Fsp3) is 0.429. The van der Waals surface area contributed by atoms with Gasteiger partial charge in [-0.15, -0.1) is 0 Å². The predicted molar refractivity (Wildman–Crippen MR) is 68.8 cm³/mol. The van der Waals surface area contributed by atoms with Crippen molar-refractivity contribution in [3.05, 3.63) is 30.3 Å². The number of hydrogen-bond acceptors (Lipinski definition) is 4. The number of nitrogens with zero attached hydrogens (tertiary/aromatic N) is 1. The van der Waals surface area contributed by atoms with Gasteiger partial charge in [0.15, 0.2) is 6.10 Å². The first-order valence-electron chi connectivity index (χ1n) is 6.39. The molecule has 0 saturated carbocycles. The first-order valence-corrected chi connectivity index (χ1v) is 6.39. The van der Waals surface area contributed by atoms with Crippen LogP contribution in [-0.2, 0) is 9.53 Å². The lowest BCUT2D eigenvalue weighted by Gasteiger charge is -2.11. The van der Waals surface area contributed by atoms with Crippen LogP contribution in [0, 0.1) is 0 Å². The molecule has 102 valence electrons. The van der Waals surface area contributed by atoms with Crippen molar-refractivity contribution in [2.75, 3.05) is 13.2 Å². The lowest BCUT2D eigenvalue weighted by molar-refractivity contribution is -0.127. The first kappa shape index (κ1) is 13.4. The van der Waals surface area contributed by atoms with Crippen LogP contribution in [0.4, 0.5) is 4.79 Å². The normalized spacial score (nSPS) is 18.3. The van der Waals surface area contributed by atoms with E-state index in [9.17, 15) is 9.59 Å². The smallest absolute Gasteiger partial charge is 0.417 e. The zero-order chi connectivity index (χ0) is 13.7. The van der Waals surface area contributed by atoms with Crippen LogP contribution in [0.5, 0.6) is 5.75 Å². The summed E-state index contributed by atoms with van der Waals surface area (Å²) in [5.74, 6) is 0.534. The Morgan fingerprint density at radius 2 is 2.16 bits per heavy atom. The molecule has 1 aromatic rings. The second-order valence-corrected chi connectivity index (χ2v) is 4.38. The molecule has 0 bridgehead atoms. The van der Waals surface area contributed by atoms with Crippen molar-refractivity contribution in [3.63, 3.8) is 0 Å². The van der Waals surface area contributed by atoms with E-state index in [-0.39, 0.29) is 19.1 Å². The van der Waals surface area contributed by atoms with Crippen molar-refractivity contribution in [3.8, 4) is 5.75 Å². The number of carbonyl (C=O) groups excluding carboxylic acids is 2. The molecule has 1 saturated heterocycles. The Labute approximate surface area is 112 Å². The molecule has 0 N–H and O–H groups in total. The maximum atomic E-state index is 11.7. The second-order valence-electron chi connectivity index (χ2n) is 4.38. The summed E-state index contributed by atoms with van der Waals surface area (Å²) in [4.78, 5) is 24.4. The molecule has 0 spiro atoms. The highest BCUT2D eigenvalue weighted by Crippen LogP contribution is 2.15. The van der Waals surface area contributed by atoms with Crippen LogP contribution in [0.25, 0.3) is 0 Å². The van der Waals surface area contributed by atoms with E-state index in [4.69, 9.17) is 9.47 Å². The summed E-state index contributed by atoms with van der Waals surface area (Å²) in [6.45, 7) is 2.42. The second kappa shape index (κ2) is 6.22. The molecule has 1 fully saturated rings. The Morgan fingerprint density at radius 3 is 2.84 bits per heavy atom. The zero-order valence-electron chi connectivity index (χ0n) is 10.9. The standard InChI is InChI=1S/C14H17NO4/c1-2-6-13(16)15-9-12(19-14(15)17)10-18-11-7-4-3-5-8-11/h3-5,7-8,12H,2,6,9-10H2,1H3. The maximum Gasteiger partial charge on any atom is 0.417 e. The quantitative estimate of drug-likeness (QED) is 0.817. The number of carbonyl (C=O) groups is 2. The van der Waals surface area contributed by atoms with E-state index in [2.05, 4.69) is 0 Å². The van der Waals surface area contributed by atoms with E-state index in [0.29, 0.717) is 12.8 Å². The molecule has 5 heteroatoms. The molecular weight excluding hydrogens is 246 g/mol. The van der Waals surface area contributed by atoms with Gasteiger partial charge in [0.25, 0.3) is 0 Å². The third-order valence-corrected chi connectivity index (χ3v) is 2.82. The lowest BCUT2D eigenvalue weighted by atomic mass is 10.3. The maximum absolute atomic E-state index is 11.7. The van der Waals surface area contributed by atoms with Gasteiger partial charge in [0, 0.05) is 6.42 Å². The number of imide groups is 1. The molecule has 0 aliphatic carbocycles. The molecule has 2 amide bonds. The summed E-state index contributed by atoms with van der Waals surface area (Å²) < 4.78 is 10.6.